The standard InChI is InChI=1S/C24H18Cl2F2N2O2/c25-20-9-8-16(11-21(20)26)23-12-18(32-29-23)14-30(13-15-4-3-5-17(27)10-15)24(31)19-6-1-2-7-22(19)28/h1-11,18H,12-14H2/t18-/m1/s1. The van der Waals surface area contributed by atoms with Crippen molar-refractivity contribution in [3.05, 3.63) is 105 Å². The SMILES string of the molecule is O=C(c1ccccc1F)N(Cc1cccc(F)c1)C[C@H]1CC(c2ccc(Cl)c(Cl)c2)=NO1. The van der Waals surface area contributed by atoms with Gasteiger partial charge in [0.05, 0.1) is 27.9 Å². The maximum atomic E-state index is 14.3. The largest absolute Gasteiger partial charge is 0.390 e. The number of amides is 1. The van der Waals surface area contributed by atoms with Crippen molar-refractivity contribution in [2.24, 2.45) is 5.16 Å². The molecule has 0 saturated heterocycles. The first kappa shape index (κ1) is 22.2. The number of hydrogen-bond donors (Lipinski definition) is 0. The zero-order valence-electron chi connectivity index (χ0n) is 16.8. The quantitative estimate of drug-likeness (QED) is 0.432. The summed E-state index contributed by atoms with van der Waals surface area (Å²) in [5, 5.41) is 4.96. The minimum absolute atomic E-state index is 0.0625. The Balaban J connectivity index is 1.53. The number of carbonyl (C=O) groups is 1. The Hall–Kier alpha value is -2.96. The molecular weight excluding hydrogens is 457 g/mol. The lowest BCUT2D eigenvalue weighted by atomic mass is 10.0. The van der Waals surface area contributed by atoms with E-state index in [1.165, 1.54) is 35.2 Å². The van der Waals surface area contributed by atoms with Crippen LogP contribution in [0.1, 0.15) is 27.9 Å². The lowest BCUT2D eigenvalue weighted by molar-refractivity contribution is 0.0402. The van der Waals surface area contributed by atoms with Crippen LogP contribution in [-0.2, 0) is 11.4 Å². The predicted molar refractivity (Wildman–Crippen MR) is 120 cm³/mol. The van der Waals surface area contributed by atoms with Gasteiger partial charge >= 0.3 is 0 Å². The number of benzene rings is 3. The van der Waals surface area contributed by atoms with E-state index in [-0.39, 0.29) is 18.7 Å². The first-order chi connectivity index (χ1) is 15.4. The van der Waals surface area contributed by atoms with E-state index in [0.717, 1.165) is 5.56 Å². The minimum Gasteiger partial charge on any atom is -0.390 e. The van der Waals surface area contributed by atoms with Gasteiger partial charge in [0.2, 0.25) is 0 Å². The molecule has 0 radical (unpaired) electrons. The Labute approximate surface area is 194 Å². The fraction of sp³-hybridized carbons (Fsp3) is 0.167. The van der Waals surface area contributed by atoms with Gasteiger partial charge in [-0.3, -0.25) is 4.79 Å². The number of nitrogens with zero attached hydrogens (tertiary/aromatic N) is 2. The molecule has 4 rings (SSSR count). The summed E-state index contributed by atoms with van der Waals surface area (Å²) in [4.78, 5) is 20.1. The van der Waals surface area contributed by atoms with E-state index in [0.29, 0.717) is 27.7 Å². The molecule has 1 atom stereocenters. The van der Waals surface area contributed by atoms with Crippen molar-refractivity contribution in [1.29, 1.82) is 0 Å². The van der Waals surface area contributed by atoms with Gasteiger partial charge in [0.15, 0.2) is 6.10 Å². The summed E-state index contributed by atoms with van der Waals surface area (Å²) in [6.45, 7) is 0.227. The normalized spacial score (nSPS) is 15.2. The molecule has 0 fully saturated rings. The fourth-order valence-corrected chi connectivity index (χ4v) is 3.80. The highest BCUT2D eigenvalue weighted by Crippen LogP contribution is 2.26. The number of halogens is 4. The molecule has 1 aliphatic rings. The average molecular weight is 475 g/mol. The van der Waals surface area contributed by atoms with Crippen LogP contribution in [0.5, 0.6) is 0 Å². The molecule has 0 bridgehead atoms. The Bertz CT molecular complexity index is 1190. The molecule has 32 heavy (non-hydrogen) atoms. The van der Waals surface area contributed by atoms with Crippen LogP contribution in [-0.4, -0.2) is 29.2 Å². The Morgan fingerprint density at radius 1 is 1.03 bits per heavy atom. The molecule has 0 spiro atoms. The van der Waals surface area contributed by atoms with Crippen LogP contribution in [0.2, 0.25) is 10.0 Å². The second-order valence-electron chi connectivity index (χ2n) is 7.39. The van der Waals surface area contributed by atoms with Crippen LogP contribution in [0, 0.1) is 11.6 Å². The second kappa shape index (κ2) is 9.67. The molecule has 8 heteroatoms. The third-order valence-corrected chi connectivity index (χ3v) is 5.80. The monoisotopic (exact) mass is 474 g/mol. The summed E-state index contributed by atoms with van der Waals surface area (Å²) < 4.78 is 28.0. The van der Waals surface area contributed by atoms with Crippen molar-refractivity contribution in [3.63, 3.8) is 0 Å². The third-order valence-electron chi connectivity index (χ3n) is 5.06. The maximum absolute atomic E-state index is 14.3. The Kier molecular flexibility index (Phi) is 6.72. The molecule has 1 heterocycles. The predicted octanol–water partition coefficient (Wildman–Crippen LogP) is 6.11. The van der Waals surface area contributed by atoms with Gasteiger partial charge in [-0.2, -0.15) is 0 Å². The number of carbonyl (C=O) groups excluding carboxylic acids is 1. The molecular formula is C24H18Cl2F2N2O2. The molecule has 0 aliphatic carbocycles. The lowest BCUT2D eigenvalue weighted by Crippen LogP contribution is -2.37. The molecule has 1 aliphatic heterocycles. The molecule has 0 saturated carbocycles. The van der Waals surface area contributed by atoms with Crippen LogP contribution < -0.4 is 0 Å². The van der Waals surface area contributed by atoms with Crippen molar-refractivity contribution in [1.82, 2.24) is 4.90 Å². The Morgan fingerprint density at radius 3 is 2.59 bits per heavy atom. The van der Waals surface area contributed by atoms with Crippen LogP contribution in [0.4, 0.5) is 8.78 Å². The highest BCUT2D eigenvalue weighted by molar-refractivity contribution is 6.42. The summed E-state index contributed by atoms with van der Waals surface area (Å²) in [6, 6.07) is 16.8. The lowest BCUT2D eigenvalue weighted by Gasteiger charge is -2.25. The zero-order chi connectivity index (χ0) is 22.7. The van der Waals surface area contributed by atoms with E-state index in [9.17, 15) is 13.6 Å². The smallest absolute Gasteiger partial charge is 0.257 e. The van der Waals surface area contributed by atoms with Crippen LogP contribution >= 0.6 is 23.2 Å². The third kappa shape index (κ3) is 5.09. The minimum atomic E-state index is -0.623. The van der Waals surface area contributed by atoms with Gasteiger partial charge < -0.3 is 9.74 Å². The van der Waals surface area contributed by atoms with Gasteiger partial charge in [-0.25, -0.2) is 8.78 Å². The van der Waals surface area contributed by atoms with Crippen molar-refractivity contribution < 1.29 is 18.4 Å². The molecule has 3 aromatic carbocycles. The summed E-state index contributed by atoms with van der Waals surface area (Å²) in [5.41, 5.74) is 1.95. The zero-order valence-corrected chi connectivity index (χ0v) is 18.3. The average Bonchev–Trinajstić information content (AvgIpc) is 3.24. The van der Waals surface area contributed by atoms with E-state index in [1.807, 2.05) is 0 Å². The molecule has 0 N–H and O–H groups in total. The van der Waals surface area contributed by atoms with Crippen molar-refractivity contribution in [3.8, 4) is 0 Å². The molecule has 0 unspecified atom stereocenters. The Morgan fingerprint density at radius 2 is 1.84 bits per heavy atom. The van der Waals surface area contributed by atoms with Gasteiger partial charge in [0.25, 0.3) is 5.91 Å². The van der Waals surface area contributed by atoms with E-state index in [1.54, 1.807) is 36.4 Å². The van der Waals surface area contributed by atoms with E-state index < -0.39 is 23.6 Å². The van der Waals surface area contributed by atoms with E-state index >= 15 is 0 Å². The van der Waals surface area contributed by atoms with Gasteiger partial charge in [0.1, 0.15) is 11.6 Å². The van der Waals surface area contributed by atoms with Crippen molar-refractivity contribution in [2.75, 3.05) is 6.54 Å². The van der Waals surface area contributed by atoms with Gasteiger partial charge in [0, 0.05) is 18.5 Å². The topological polar surface area (TPSA) is 41.9 Å². The number of hydrogen-bond acceptors (Lipinski definition) is 3. The number of rotatable bonds is 6. The van der Waals surface area contributed by atoms with Gasteiger partial charge in [-0.15, -0.1) is 0 Å². The van der Waals surface area contributed by atoms with E-state index in [4.69, 9.17) is 28.0 Å². The van der Waals surface area contributed by atoms with Gasteiger partial charge in [-0.05, 0) is 42.0 Å². The van der Waals surface area contributed by atoms with Gasteiger partial charge in [-0.1, -0.05) is 58.7 Å². The summed E-state index contributed by atoms with van der Waals surface area (Å²) in [5.74, 6) is -1.55. The molecule has 0 aromatic heterocycles. The number of oxime groups is 1. The summed E-state index contributed by atoms with van der Waals surface area (Å²) in [7, 11) is 0. The highest BCUT2D eigenvalue weighted by Gasteiger charge is 2.28. The summed E-state index contributed by atoms with van der Waals surface area (Å²) in [6.07, 6.45) is -0.0361. The van der Waals surface area contributed by atoms with E-state index in [2.05, 4.69) is 5.16 Å². The molecule has 3 aromatic rings. The van der Waals surface area contributed by atoms with Crippen LogP contribution in [0.25, 0.3) is 0 Å². The first-order valence-electron chi connectivity index (χ1n) is 9.87. The molecule has 164 valence electrons. The fourth-order valence-electron chi connectivity index (χ4n) is 3.50. The molecule has 4 nitrogen and oxygen atoms in total. The van der Waals surface area contributed by atoms with Crippen molar-refractivity contribution >= 4 is 34.8 Å². The van der Waals surface area contributed by atoms with Crippen molar-refractivity contribution in [2.45, 2.75) is 19.1 Å². The van der Waals surface area contributed by atoms with Crippen LogP contribution in [0.3, 0.4) is 0 Å². The highest BCUT2D eigenvalue weighted by atomic mass is 35.5. The second-order valence-corrected chi connectivity index (χ2v) is 8.21. The van der Waals surface area contributed by atoms with Crippen LogP contribution in [0.15, 0.2) is 71.9 Å². The first-order valence-corrected chi connectivity index (χ1v) is 10.6. The molecule has 1 amide bonds. The maximum Gasteiger partial charge on any atom is 0.257 e. The summed E-state index contributed by atoms with van der Waals surface area (Å²) >= 11 is 12.1.